The molecule has 2 rings (SSSR count). The van der Waals surface area contributed by atoms with E-state index in [1.54, 1.807) is 19.1 Å². The molecule has 0 aliphatic rings. The fourth-order valence-corrected chi connectivity index (χ4v) is 3.36. The van der Waals surface area contributed by atoms with Crippen LogP contribution >= 0.6 is 0 Å². The molecule has 109 valence electrons. The van der Waals surface area contributed by atoms with Crippen LogP contribution in [0.4, 0.5) is 0 Å². The monoisotopic (exact) mass is 302 g/mol. The molecule has 2 aromatic carbocycles. The summed E-state index contributed by atoms with van der Waals surface area (Å²) < 4.78 is 26.0. The predicted octanol–water partition coefficient (Wildman–Crippen LogP) is 2.71. The van der Waals surface area contributed by atoms with E-state index in [1.807, 2.05) is 30.3 Å². The van der Waals surface area contributed by atoms with E-state index in [-0.39, 0.29) is 11.3 Å². The maximum absolute atomic E-state index is 12.6. The third-order valence-corrected chi connectivity index (χ3v) is 5.02. The number of carbonyl (C=O) groups excluding carboxylic acids is 1. The Morgan fingerprint density at radius 2 is 1.86 bits per heavy atom. The first kappa shape index (κ1) is 15.3. The Bertz CT molecular complexity index is 739. The van der Waals surface area contributed by atoms with Crippen molar-refractivity contribution < 1.29 is 13.2 Å². The number of rotatable bonds is 4. The minimum absolute atomic E-state index is 0.0838. The third kappa shape index (κ3) is 2.97. The summed E-state index contributed by atoms with van der Waals surface area (Å²) in [5.74, 6) is -0.446. The lowest BCUT2D eigenvalue weighted by molar-refractivity contribution is -0.125. The highest BCUT2D eigenvalue weighted by Gasteiger charge is 2.27. The fraction of sp³-hybridized carbons (Fsp3) is 0.188. The largest absolute Gasteiger partial charge is 0.274 e. The van der Waals surface area contributed by atoms with Crippen LogP contribution in [0, 0.1) is 6.07 Å². The van der Waals surface area contributed by atoms with Crippen molar-refractivity contribution in [3.8, 4) is 11.1 Å². The molecule has 0 saturated carbocycles. The van der Waals surface area contributed by atoms with Crippen molar-refractivity contribution in [1.29, 1.82) is 0 Å². The molecule has 0 bridgehead atoms. The lowest BCUT2D eigenvalue weighted by Crippen LogP contribution is -2.32. The van der Waals surface area contributed by atoms with Crippen LogP contribution in [-0.4, -0.2) is 25.7 Å². The van der Waals surface area contributed by atoms with Gasteiger partial charge in [0.2, 0.25) is 5.91 Å². The first-order valence-corrected chi connectivity index (χ1v) is 7.99. The summed E-state index contributed by atoms with van der Waals surface area (Å²) in [5.41, 5.74) is 1.34. The number of amides is 1. The number of carbonyl (C=O) groups is 1. The summed E-state index contributed by atoms with van der Waals surface area (Å²) in [6, 6.07) is 16.7. The van der Waals surface area contributed by atoms with Crippen LogP contribution in [0.2, 0.25) is 0 Å². The zero-order chi connectivity index (χ0) is 15.5. The molecule has 0 aliphatic carbocycles. The van der Waals surface area contributed by atoms with Gasteiger partial charge in [0.15, 0.2) is 0 Å². The van der Waals surface area contributed by atoms with E-state index >= 15 is 0 Å². The molecule has 5 heteroatoms. The molecule has 0 aliphatic heterocycles. The number of benzene rings is 2. The van der Waals surface area contributed by atoms with Crippen LogP contribution in [0.3, 0.4) is 0 Å². The van der Waals surface area contributed by atoms with Crippen molar-refractivity contribution in [2.75, 3.05) is 7.05 Å². The van der Waals surface area contributed by atoms with Gasteiger partial charge in [-0.05, 0) is 17.7 Å². The summed E-state index contributed by atoms with van der Waals surface area (Å²) in [6.45, 7) is 1.63. The molecule has 0 unspecified atom stereocenters. The molecule has 1 radical (unpaired) electrons. The fourth-order valence-electron chi connectivity index (χ4n) is 1.99. The Morgan fingerprint density at radius 1 is 1.19 bits per heavy atom. The van der Waals surface area contributed by atoms with E-state index in [1.165, 1.54) is 13.1 Å². The van der Waals surface area contributed by atoms with Crippen LogP contribution in [0.15, 0.2) is 53.4 Å². The number of nitrogens with zero attached hydrogens (tertiary/aromatic N) is 1. The number of hydrogen-bond donors (Lipinski definition) is 0. The summed E-state index contributed by atoms with van der Waals surface area (Å²) in [5, 5.41) is 0. The van der Waals surface area contributed by atoms with Crippen LogP contribution in [-0.2, 0) is 14.8 Å². The second kappa shape index (κ2) is 6.10. The van der Waals surface area contributed by atoms with Crippen LogP contribution in [0.5, 0.6) is 0 Å². The topological polar surface area (TPSA) is 54.5 Å². The maximum Gasteiger partial charge on any atom is 0.266 e. The minimum Gasteiger partial charge on any atom is -0.274 e. The Kier molecular flexibility index (Phi) is 4.43. The standard InChI is InChI=1S/C16H16NO3S/c1-3-16(18)17(2)21(19,20)15-12-8-7-11-14(15)13-9-5-4-6-10-13/h4-7,9-12H,3H2,1-2H3. The smallest absolute Gasteiger partial charge is 0.266 e. The van der Waals surface area contributed by atoms with E-state index in [0.717, 1.165) is 9.87 Å². The summed E-state index contributed by atoms with van der Waals surface area (Å²) in [4.78, 5) is 11.8. The number of sulfonamides is 1. The van der Waals surface area contributed by atoms with Gasteiger partial charge in [0.05, 0.1) is 4.90 Å². The van der Waals surface area contributed by atoms with Gasteiger partial charge in [0.25, 0.3) is 10.0 Å². The van der Waals surface area contributed by atoms with Gasteiger partial charge in [-0.1, -0.05) is 49.4 Å². The quantitative estimate of drug-likeness (QED) is 0.872. The molecule has 1 amide bonds. The molecule has 0 heterocycles. The lowest BCUT2D eigenvalue weighted by Gasteiger charge is -2.19. The maximum atomic E-state index is 12.6. The molecule has 0 N–H and O–H groups in total. The van der Waals surface area contributed by atoms with Gasteiger partial charge < -0.3 is 0 Å². The second-order valence-corrected chi connectivity index (χ2v) is 6.45. The van der Waals surface area contributed by atoms with Gasteiger partial charge in [-0.25, -0.2) is 12.7 Å². The zero-order valence-electron chi connectivity index (χ0n) is 11.9. The molecule has 2 aromatic rings. The van der Waals surface area contributed by atoms with E-state index in [4.69, 9.17) is 0 Å². The van der Waals surface area contributed by atoms with Gasteiger partial charge in [0, 0.05) is 19.0 Å². The molecule has 0 aromatic heterocycles. The van der Waals surface area contributed by atoms with Crippen molar-refractivity contribution in [3.63, 3.8) is 0 Å². The molecule has 0 saturated heterocycles. The molecule has 0 atom stereocenters. The highest BCUT2D eigenvalue weighted by Crippen LogP contribution is 2.28. The van der Waals surface area contributed by atoms with E-state index < -0.39 is 15.9 Å². The molecular formula is C16H16NO3S. The Labute approximate surface area is 125 Å². The average Bonchev–Trinajstić information content (AvgIpc) is 2.54. The van der Waals surface area contributed by atoms with Gasteiger partial charge in [-0.3, -0.25) is 4.79 Å². The Balaban J connectivity index is 2.58. The number of hydrogen-bond acceptors (Lipinski definition) is 3. The van der Waals surface area contributed by atoms with Crippen molar-refractivity contribution in [3.05, 3.63) is 54.6 Å². The molecular weight excluding hydrogens is 286 g/mol. The lowest BCUT2D eigenvalue weighted by atomic mass is 10.1. The van der Waals surface area contributed by atoms with E-state index in [2.05, 4.69) is 6.07 Å². The predicted molar refractivity (Wildman–Crippen MR) is 81.0 cm³/mol. The summed E-state index contributed by atoms with van der Waals surface area (Å²) >= 11 is 0. The molecule has 0 spiro atoms. The van der Waals surface area contributed by atoms with Crippen LogP contribution < -0.4 is 0 Å². The third-order valence-electron chi connectivity index (χ3n) is 3.20. The van der Waals surface area contributed by atoms with Crippen molar-refractivity contribution in [2.45, 2.75) is 18.2 Å². The van der Waals surface area contributed by atoms with Crippen molar-refractivity contribution >= 4 is 15.9 Å². The van der Waals surface area contributed by atoms with Crippen LogP contribution in [0.1, 0.15) is 13.3 Å². The van der Waals surface area contributed by atoms with Gasteiger partial charge in [-0.2, -0.15) is 0 Å². The van der Waals surface area contributed by atoms with Crippen LogP contribution in [0.25, 0.3) is 11.1 Å². The zero-order valence-corrected chi connectivity index (χ0v) is 12.7. The minimum atomic E-state index is -3.88. The first-order valence-electron chi connectivity index (χ1n) is 6.55. The van der Waals surface area contributed by atoms with Crippen molar-refractivity contribution in [2.24, 2.45) is 0 Å². The van der Waals surface area contributed by atoms with E-state index in [9.17, 15) is 13.2 Å². The van der Waals surface area contributed by atoms with Gasteiger partial charge >= 0.3 is 0 Å². The summed E-state index contributed by atoms with van der Waals surface area (Å²) in [6.07, 6.45) is 0.132. The highest BCUT2D eigenvalue weighted by molar-refractivity contribution is 7.89. The Hall–Kier alpha value is -2.14. The molecule has 21 heavy (non-hydrogen) atoms. The first-order chi connectivity index (χ1) is 9.98. The highest BCUT2D eigenvalue weighted by atomic mass is 32.2. The van der Waals surface area contributed by atoms with Crippen molar-refractivity contribution in [1.82, 2.24) is 4.31 Å². The second-order valence-electron chi connectivity index (χ2n) is 4.51. The normalized spacial score (nSPS) is 11.1. The van der Waals surface area contributed by atoms with Gasteiger partial charge in [-0.15, -0.1) is 0 Å². The van der Waals surface area contributed by atoms with E-state index in [0.29, 0.717) is 5.56 Å². The average molecular weight is 302 g/mol. The SMILES string of the molecule is CCC(=O)N(C)S(=O)(=O)c1c[c]ccc1-c1ccccc1. The molecule has 0 fully saturated rings. The Morgan fingerprint density at radius 3 is 2.48 bits per heavy atom. The van der Waals surface area contributed by atoms with Gasteiger partial charge in [0.1, 0.15) is 0 Å². The molecule has 4 nitrogen and oxygen atoms in total. The summed E-state index contributed by atoms with van der Waals surface area (Å²) in [7, 11) is -2.60.